The lowest BCUT2D eigenvalue weighted by molar-refractivity contribution is 0.0696. The van der Waals surface area contributed by atoms with E-state index in [2.05, 4.69) is 10.0 Å². The Kier molecular flexibility index (Phi) is 5.94. The standard InChI is InChI=1S/C14H20N2O6S/c17-6-5-16-23(20,21)13-8-10(14(18)19)3-4-12(13)15-9-11-2-1-7-22-11/h3-4,8,11,15-17H,1-2,5-7,9H2,(H,18,19)/t11-/m0/s1. The van der Waals surface area contributed by atoms with Crippen molar-refractivity contribution in [1.82, 2.24) is 4.72 Å². The summed E-state index contributed by atoms with van der Waals surface area (Å²) in [5.41, 5.74) is 0.174. The Bertz CT molecular complexity index is 655. The SMILES string of the molecule is O=C(O)c1ccc(NC[C@@H]2CCCO2)c(S(=O)(=O)NCCO)c1. The quantitative estimate of drug-likeness (QED) is 0.532. The van der Waals surface area contributed by atoms with Crippen LogP contribution in [-0.2, 0) is 14.8 Å². The van der Waals surface area contributed by atoms with Crippen LogP contribution in [0.5, 0.6) is 0 Å². The van der Waals surface area contributed by atoms with Crippen LogP contribution >= 0.6 is 0 Å². The minimum atomic E-state index is -3.93. The van der Waals surface area contributed by atoms with Gasteiger partial charge in [-0.25, -0.2) is 17.9 Å². The second-order valence-electron chi connectivity index (χ2n) is 5.15. The number of carboxylic acid groups (broad SMARTS) is 1. The third-order valence-electron chi connectivity index (χ3n) is 3.47. The van der Waals surface area contributed by atoms with E-state index < -0.39 is 16.0 Å². The van der Waals surface area contributed by atoms with Crippen LogP contribution in [-0.4, -0.2) is 57.0 Å². The predicted molar refractivity (Wildman–Crippen MR) is 83.1 cm³/mol. The van der Waals surface area contributed by atoms with Gasteiger partial charge >= 0.3 is 5.97 Å². The van der Waals surface area contributed by atoms with Gasteiger partial charge in [-0.15, -0.1) is 0 Å². The molecule has 0 amide bonds. The number of ether oxygens (including phenoxy) is 1. The monoisotopic (exact) mass is 344 g/mol. The molecule has 1 saturated heterocycles. The van der Waals surface area contributed by atoms with Crippen molar-refractivity contribution in [2.45, 2.75) is 23.8 Å². The van der Waals surface area contributed by atoms with Crippen molar-refractivity contribution >= 4 is 21.7 Å². The second-order valence-corrected chi connectivity index (χ2v) is 6.89. The number of anilines is 1. The summed E-state index contributed by atoms with van der Waals surface area (Å²) in [6.45, 7) is 0.629. The van der Waals surface area contributed by atoms with E-state index >= 15 is 0 Å². The van der Waals surface area contributed by atoms with Gasteiger partial charge < -0.3 is 20.3 Å². The van der Waals surface area contributed by atoms with Crippen LogP contribution < -0.4 is 10.0 Å². The van der Waals surface area contributed by atoms with Crippen LogP contribution in [0.25, 0.3) is 0 Å². The highest BCUT2D eigenvalue weighted by Gasteiger charge is 2.22. The Hall–Kier alpha value is -1.68. The number of benzene rings is 1. The summed E-state index contributed by atoms with van der Waals surface area (Å²) in [7, 11) is -3.93. The fourth-order valence-electron chi connectivity index (χ4n) is 2.31. The normalized spacial score (nSPS) is 18.0. The van der Waals surface area contributed by atoms with Gasteiger partial charge in [-0.1, -0.05) is 0 Å². The van der Waals surface area contributed by atoms with Crippen LogP contribution in [0.4, 0.5) is 5.69 Å². The molecule has 1 fully saturated rings. The van der Waals surface area contributed by atoms with E-state index in [4.69, 9.17) is 14.9 Å². The highest BCUT2D eigenvalue weighted by molar-refractivity contribution is 7.89. The Labute approximate surface area is 134 Å². The Balaban J connectivity index is 2.26. The van der Waals surface area contributed by atoms with Gasteiger partial charge in [-0.2, -0.15) is 0 Å². The summed E-state index contributed by atoms with van der Waals surface area (Å²) >= 11 is 0. The largest absolute Gasteiger partial charge is 0.478 e. The molecule has 0 aromatic heterocycles. The zero-order chi connectivity index (χ0) is 16.9. The molecule has 1 atom stereocenters. The van der Waals surface area contributed by atoms with Crippen LogP contribution in [0.3, 0.4) is 0 Å². The van der Waals surface area contributed by atoms with Crippen molar-refractivity contribution in [3.63, 3.8) is 0 Å². The minimum Gasteiger partial charge on any atom is -0.478 e. The number of carboxylic acids is 1. The number of hydrogen-bond donors (Lipinski definition) is 4. The molecule has 0 saturated carbocycles. The zero-order valence-electron chi connectivity index (χ0n) is 12.5. The molecule has 128 valence electrons. The molecule has 9 heteroatoms. The third-order valence-corrected chi connectivity index (χ3v) is 4.97. The minimum absolute atomic E-state index is 0.00936. The molecule has 1 heterocycles. The van der Waals surface area contributed by atoms with E-state index in [0.29, 0.717) is 18.8 Å². The van der Waals surface area contributed by atoms with Gasteiger partial charge in [0, 0.05) is 19.7 Å². The van der Waals surface area contributed by atoms with Gasteiger partial charge in [0.05, 0.1) is 24.0 Å². The van der Waals surface area contributed by atoms with Crippen molar-refractivity contribution in [1.29, 1.82) is 0 Å². The van der Waals surface area contributed by atoms with E-state index in [1.807, 2.05) is 0 Å². The Morgan fingerprint density at radius 2 is 2.17 bits per heavy atom. The summed E-state index contributed by atoms with van der Waals surface area (Å²) in [5.74, 6) is -1.21. The lowest BCUT2D eigenvalue weighted by Crippen LogP contribution is -2.28. The van der Waals surface area contributed by atoms with E-state index in [1.165, 1.54) is 12.1 Å². The predicted octanol–water partition coefficient (Wildman–Crippen LogP) is 0.246. The van der Waals surface area contributed by atoms with Crippen molar-refractivity contribution in [2.24, 2.45) is 0 Å². The molecular weight excluding hydrogens is 324 g/mol. The molecule has 2 rings (SSSR count). The molecular formula is C14H20N2O6S. The molecule has 0 spiro atoms. The lowest BCUT2D eigenvalue weighted by atomic mass is 10.2. The molecule has 0 aliphatic carbocycles. The van der Waals surface area contributed by atoms with Gasteiger partial charge in [0.15, 0.2) is 0 Å². The maximum absolute atomic E-state index is 12.3. The van der Waals surface area contributed by atoms with Crippen LogP contribution in [0.1, 0.15) is 23.2 Å². The highest BCUT2D eigenvalue weighted by atomic mass is 32.2. The average Bonchev–Trinajstić information content (AvgIpc) is 3.04. The first kappa shape index (κ1) is 17.7. The topological polar surface area (TPSA) is 125 Å². The molecule has 23 heavy (non-hydrogen) atoms. The summed E-state index contributed by atoms with van der Waals surface area (Å²) in [5, 5.41) is 20.8. The number of rotatable bonds is 8. The molecule has 0 unspecified atom stereocenters. The fraction of sp³-hybridized carbons (Fsp3) is 0.500. The number of sulfonamides is 1. The summed E-state index contributed by atoms with van der Waals surface area (Å²) < 4.78 is 32.3. The zero-order valence-corrected chi connectivity index (χ0v) is 13.3. The number of aromatic carboxylic acids is 1. The highest BCUT2D eigenvalue weighted by Crippen LogP contribution is 2.24. The molecule has 1 aliphatic heterocycles. The van der Waals surface area contributed by atoms with Crippen LogP contribution in [0.15, 0.2) is 23.1 Å². The van der Waals surface area contributed by atoms with Gasteiger partial charge in [0.2, 0.25) is 10.0 Å². The van der Waals surface area contributed by atoms with Crippen molar-refractivity contribution in [2.75, 3.05) is 31.6 Å². The van der Waals surface area contributed by atoms with Crippen molar-refractivity contribution < 1.29 is 28.2 Å². The second kappa shape index (κ2) is 7.73. The maximum atomic E-state index is 12.3. The summed E-state index contributed by atoms with van der Waals surface area (Å²) in [6, 6.07) is 3.86. The number of hydrogen-bond acceptors (Lipinski definition) is 6. The summed E-state index contributed by atoms with van der Waals surface area (Å²) in [6.07, 6.45) is 1.87. The summed E-state index contributed by atoms with van der Waals surface area (Å²) in [4.78, 5) is 10.9. The van der Waals surface area contributed by atoms with E-state index in [-0.39, 0.29) is 29.7 Å². The van der Waals surface area contributed by atoms with E-state index in [1.54, 1.807) is 0 Å². The molecule has 8 nitrogen and oxygen atoms in total. The number of aliphatic hydroxyl groups is 1. The molecule has 1 aromatic rings. The van der Waals surface area contributed by atoms with Gasteiger partial charge in [-0.3, -0.25) is 0 Å². The molecule has 0 bridgehead atoms. The molecule has 4 N–H and O–H groups in total. The first-order valence-electron chi connectivity index (χ1n) is 7.27. The van der Waals surface area contributed by atoms with Crippen LogP contribution in [0, 0.1) is 0 Å². The van der Waals surface area contributed by atoms with E-state index in [0.717, 1.165) is 18.9 Å². The van der Waals surface area contributed by atoms with Gasteiger partial charge in [0.1, 0.15) is 4.90 Å². The van der Waals surface area contributed by atoms with Gasteiger partial charge in [0.25, 0.3) is 0 Å². The Morgan fingerprint density at radius 1 is 1.39 bits per heavy atom. The number of carbonyl (C=O) groups is 1. The van der Waals surface area contributed by atoms with Crippen molar-refractivity contribution in [3.05, 3.63) is 23.8 Å². The lowest BCUT2D eigenvalue weighted by Gasteiger charge is -2.16. The molecule has 1 aliphatic rings. The van der Waals surface area contributed by atoms with Gasteiger partial charge in [-0.05, 0) is 31.0 Å². The van der Waals surface area contributed by atoms with Crippen LogP contribution in [0.2, 0.25) is 0 Å². The first-order chi connectivity index (χ1) is 10.9. The maximum Gasteiger partial charge on any atom is 0.335 e. The number of nitrogens with one attached hydrogen (secondary N) is 2. The smallest absolute Gasteiger partial charge is 0.335 e. The average molecular weight is 344 g/mol. The van der Waals surface area contributed by atoms with E-state index in [9.17, 15) is 13.2 Å². The fourth-order valence-corrected chi connectivity index (χ4v) is 3.54. The Morgan fingerprint density at radius 3 is 2.78 bits per heavy atom. The van der Waals surface area contributed by atoms with Crippen molar-refractivity contribution in [3.8, 4) is 0 Å². The number of aliphatic hydroxyl groups excluding tert-OH is 1. The molecule has 1 aromatic carbocycles. The first-order valence-corrected chi connectivity index (χ1v) is 8.75. The third kappa shape index (κ3) is 4.64. The molecule has 0 radical (unpaired) electrons.